The van der Waals surface area contributed by atoms with E-state index in [1.807, 2.05) is 19.1 Å². The average molecular weight is 279 g/mol. The van der Waals surface area contributed by atoms with E-state index in [-0.39, 0.29) is 24.4 Å². The van der Waals surface area contributed by atoms with Crippen molar-refractivity contribution in [3.63, 3.8) is 0 Å². The molecule has 4 nitrogen and oxygen atoms in total. The Hall–Kier alpha value is -1.55. The van der Waals surface area contributed by atoms with Crippen molar-refractivity contribution in [2.24, 2.45) is 0 Å². The number of benzene rings is 1. The zero-order valence-electron chi connectivity index (χ0n) is 10.7. The Balaban J connectivity index is 1.98. The molecule has 5 heteroatoms. The number of aryl methyl sites for hydroxylation is 1. The molecule has 3 rings (SSSR count). The minimum atomic E-state index is -0.294. The lowest BCUT2D eigenvalue weighted by molar-refractivity contribution is -0.140. The summed E-state index contributed by atoms with van der Waals surface area (Å²) in [4.78, 5) is 27.8. The van der Waals surface area contributed by atoms with E-state index in [1.165, 1.54) is 4.90 Å². The predicted octanol–water partition coefficient (Wildman–Crippen LogP) is 1.99. The van der Waals surface area contributed by atoms with Crippen molar-refractivity contribution in [2.45, 2.75) is 25.8 Å². The Kier molecular flexibility index (Phi) is 2.97. The number of carbonyl (C=O) groups excluding carboxylic acids is 2. The molecule has 1 aromatic carbocycles. The second-order valence-corrected chi connectivity index (χ2v) is 5.53. The molecule has 0 saturated carbocycles. The van der Waals surface area contributed by atoms with Crippen molar-refractivity contribution >= 4 is 29.1 Å². The number of fused-ring (bicyclic) bond motifs is 1. The van der Waals surface area contributed by atoms with E-state index in [0.29, 0.717) is 17.3 Å². The monoisotopic (exact) mass is 278 g/mol. The summed E-state index contributed by atoms with van der Waals surface area (Å²) in [5.41, 5.74) is 1.67. The van der Waals surface area contributed by atoms with Crippen LogP contribution in [0.5, 0.6) is 0 Å². The number of halogens is 1. The lowest BCUT2D eigenvalue weighted by atomic mass is 10.1. The summed E-state index contributed by atoms with van der Waals surface area (Å²) < 4.78 is 0. The fraction of sp³-hybridized carbons (Fsp3) is 0.429. The fourth-order valence-electron chi connectivity index (χ4n) is 2.84. The third-order valence-corrected chi connectivity index (χ3v) is 4.13. The molecular formula is C14H15ClN2O2. The number of carbonyl (C=O) groups is 2. The van der Waals surface area contributed by atoms with Gasteiger partial charge in [-0.15, -0.1) is 0 Å². The van der Waals surface area contributed by atoms with E-state index < -0.39 is 0 Å². The van der Waals surface area contributed by atoms with E-state index in [1.54, 1.807) is 11.0 Å². The largest absolute Gasteiger partial charge is 0.329 e. The Labute approximate surface area is 116 Å². The summed E-state index contributed by atoms with van der Waals surface area (Å²) >= 11 is 6.17. The maximum absolute atomic E-state index is 12.5. The number of hydrogen-bond acceptors (Lipinski definition) is 2. The molecule has 2 aliphatic heterocycles. The number of hydrogen-bond donors (Lipinski definition) is 0. The number of rotatable bonds is 1. The van der Waals surface area contributed by atoms with Crippen molar-refractivity contribution in [1.82, 2.24) is 4.90 Å². The summed E-state index contributed by atoms with van der Waals surface area (Å²) in [7, 11) is 0. The number of nitrogens with zero attached hydrogens (tertiary/aromatic N) is 2. The minimum absolute atomic E-state index is 0.00963. The molecule has 0 N–H and O–H groups in total. The molecule has 0 bridgehead atoms. The van der Waals surface area contributed by atoms with Crippen molar-refractivity contribution in [3.8, 4) is 0 Å². The SMILES string of the molecule is Cc1ccc(Cl)c(N2CC(=O)N3CCCC3C2=O)c1. The molecule has 19 heavy (non-hydrogen) atoms. The highest BCUT2D eigenvalue weighted by Gasteiger charge is 2.42. The van der Waals surface area contributed by atoms with Gasteiger partial charge in [-0.05, 0) is 37.5 Å². The van der Waals surface area contributed by atoms with Gasteiger partial charge < -0.3 is 4.90 Å². The van der Waals surface area contributed by atoms with Crippen LogP contribution in [-0.4, -0.2) is 35.8 Å². The Morgan fingerprint density at radius 3 is 2.89 bits per heavy atom. The normalized spacial score (nSPS) is 22.9. The first kappa shape index (κ1) is 12.5. The molecule has 2 saturated heterocycles. The van der Waals surface area contributed by atoms with Crippen LogP contribution in [0.4, 0.5) is 5.69 Å². The summed E-state index contributed by atoms with van der Waals surface area (Å²) in [6.07, 6.45) is 1.65. The van der Waals surface area contributed by atoms with E-state index in [0.717, 1.165) is 18.4 Å². The number of anilines is 1. The van der Waals surface area contributed by atoms with Crippen LogP contribution in [0.25, 0.3) is 0 Å². The quantitative estimate of drug-likeness (QED) is 0.788. The van der Waals surface area contributed by atoms with E-state index in [2.05, 4.69) is 0 Å². The van der Waals surface area contributed by atoms with Crippen molar-refractivity contribution in [2.75, 3.05) is 18.0 Å². The maximum Gasteiger partial charge on any atom is 0.250 e. The molecule has 0 aliphatic carbocycles. The molecular weight excluding hydrogens is 264 g/mol. The molecule has 1 atom stereocenters. The maximum atomic E-state index is 12.5. The molecule has 0 spiro atoms. The Morgan fingerprint density at radius 1 is 1.32 bits per heavy atom. The number of piperazine rings is 1. The number of amides is 2. The van der Waals surface area contributed by atoms with E-state index in [9.17, 15) is 9.59 Å². The van der Waals surface area contributed by atoms with Crippen LogP contribution < -0.4 is 4.90 Å². The first-order valence-electron chi connectivity index (χ1n) is 6.45. The van der Waals surface area contributed by atoms with Crippen molar-refractivity contribution in [1.29, 1.82) is 0 Å². The van der Waals surface area contributed by atoms with Crippen LogP contribution in [-0.2, 0) is 9.59 Å². The van der Waals surface area contributed by atoms with Gasteiger partial charge in [-0.3, -0.25) is 14.5 Å². The van der Waals surface area contributed by atoms with Crippen molar-refractivity contribution in [3.05, 3.63) is 28.8 Å². The minimum Gasteiger partial charge on any atom is -0.329 e. The lowest BCUT2D eigenvalue weighted by Crippen LogP contribution is -2.57. The lowest BCUT2D eigenvalue weighted by Gasteiger charge is -2.36. The van der Waals surface area contributed by atoms with Crippen LogP contribution in [0, 0.1) is 6.92 Å². The molecule has 2 fully saturated rings. The van der Waals surface area contributed by atoms with Crippen LogP contribution in [0.15, 0.2) is 18.2 Å². The first-order valence-corrected chi connectivity index (χ1v) is 6.83. The topological polar surface area (TPSA) is 40.6 Å². The highest BCUT2D eigenvalue weighted by Crippen LogP contribution is 2.32. The van der Waals surface area contributed by atoms with Gasteiger partial charge in [0.1, 0.15) is 12.6 Å². The van der Waals surface area contributed by atoms with E-state index in [4.69, 9.17) is 11.6 Å². The van der Waals surface area contributed by atoms with Gasteiger partial charge in [0.15, 0.2) is 0 Å². The van der Waals surface area contributed by atoms with Gasteiger partial charge >= 0.3 is 0 Å². The van der Waals surface area contributed by atoms with Gasteiger partial charge in [-0.2, -0.15) is 0 Å². The van der Waals surface area contributed by atoms with E-state index >= 15 is 0 Å². The van der Waals surface area contributed by atoms with Gasteiger partial charge in [-0.25, -0.2) is 0 Å². The molecule has 2 heterocycles. The fourth-order valence-corrected chi connectivity index (χ4v) is 3.06. The molecule has 1 aromatic rings. The Bertz CT molecular complexity index is 558. The first-order chi connectivity index (χ1) is 9.08. The molecule has 2 aliphatic rings. The summed E-state index contributed by atoms with van der Waals surface area (Å²) in [5, 5.41) is 0.512. The van der Waals surface area contributed by atoms with Gasteiger partial charge in [0.2, 0.25) is 11.8 Å². The van der Waals surface area contributed by atoms with Gasteiger partial charge in [0, 0.05) is 6.54 Å². The second-order valence-electron chi connectivity index (χ2n) is 5.12. The average Bonchev–Trinajstić information content (AvgIpc) is 2.87. The molecule has 1 unspecified atom stereocenters. The standard InChI is InChI=1S/C14H15ClN2O2/c1-9-4-5-10(15)12(7-9)17-8-13(18)16-6-2-3-11(16)14(17)19/h4-5,7,11H,2-3,6,8H2,1H3. The zero-order valence-corrected chi connectivity index (χ0v) is 11.5. The third kappa shape index (κ3) is 2.00. The predicted molar refractivity (Wildman–Crippen MR) is 73.3 cm³/mol. The van der Waals surface area contributed by atoms with Gasteiger partial charge in [-0.1, -0.05) is 17.7 Å². The van der Waals surface area contributed by atoms with Crippen LogP contribution in [0.2, 0.25) is 5.02 Å². The summed E-state index contributed by atoms with van der Waals surface area (Å²) in [5.74, 6) is 0.00396. The zero-order chi connectivity index (χ0) is 13.6. The second kappa shape index (κ2) is 4.53. The summed E-state index contributed by atoms with van der Waals surface area (Å²) in [6.45, 7) is 2.74. The highest BCUT2D eigenvalue weighted by molar-refractivity contribution is 6.34. The van der Waals surface area contributed by atoms with Crippen LogP contribution >= 0.6 is 11.6 Å². The van der Waals surface area contributed by atoms with Gasteiger partial charge in [0.05, 0.1) is 10.7 Å². The molecule has 2 amide bonds. The smallest absolute Gasteiger partial charge is 0.250 e. The third-order valence-electron chi connectivity index (χ3n) is 3.81. The molecule has 0 aromatic heterocycles. The van der Waals surface area contributed by atoms with Crippen molar-refractivity contribution < 1.29 is 9.59 Å². The highest BCUT2D eigenvalue weighted by atomic mass is 35.5. The van der Waals surface area contributed by atoms with Crippen LogP contribution in [0.3, 0.4) is 0 Å². The summed E-state index contributed by atoms with van der Waals surface area (Å²) in [6, 6.07) is 5.23. The van der Waals surface area contributed by atoms with Crippen LogP contribution in [0.1, 0.15) is 18.4 Å². The van der Waals surface area contributed by atoms with Gasteiger partial charge in [0.25, 0.3) is 0 Å². The molecule has 0 radical (unpaired) electrons. The Morgan fingerprint density at radius 2 is 2.11 bits per heavy atom. The molecule has 100 valence electrons.